The zero-order valence-electron chi connectivity index (χ0n) is 12.7. The maximum absolute atomic E-state index is 14.9. The molecule has 0 aromatic heterocycles. The fourth-order valence-corrected chi connectivity index (χ4v) is 3.13. The topological polar surface area (TPSA) is 18.5 Å². The van der Waals surface area contributed by atoms with Gasteiger partial charge in [-0.2, -0.15) is 0 Å². The number of methoxy groups -OCH3 is 2. The van der Waals surface area contributed by atoms with Crippen LogP contribution < -0.4 is 9.47 Å². The Morgan fingerprint density at radius 1 is 1.09 bits per heavy atom. The molecule has 0 heterocycles. The van der Waals surface area contributed by atoms with Gasteiger partial charge in [0.1, 0.15) is 0 Å². The Kier molecular flexibility index (Phi) is 3.83. The Morgan fingerprint density at radius 3 is 2.36 bits per heavy atom. The smallest absolute Gasteiger partial charge is 0.197 e. The van der Waals surface area contributed by atoms with Crippen LogP contribution in [0.1, 0.15) is 23.6 Å². The van der Waals surface area contributed by atoms with Crippen LogP contribution in [0, 0.1) is 5.82 Å². The highest BCUT2D eigenvalue weighted by atomic mass is 35.5. The zero-order chi connectivity index (χ0) is 15.9. The van der Waals surface area contributed by atoms with Gasteiger partial charge < -0.3 is 9.47 Å². The van der Waals surface area contributed by atoms with Crippen molar-refractivity contribution in [2.75, 3.05) is 14.2 Å². The van der Waals surface area contributed by atoms with Crippen molar-refractivity contribution in [3.63, 3.8) is 0 Å². The van der Waals surface area contributed by atoms with Crippen molar-refractivity contribution in [2.45, 2.75) is 13.3 Å². The molecule has 2 aromatic carbocycles. The summed E-state index contributed by atoms with van der Waals surface area (Å²) < 4.78 is 25.4. The second-order valence-electron chi connectivity index (χ2n) is 5.30. The van der Waals surface area contributed by atoms with Crippen LogP contribution >= 0.6 is 11.6 Å². The minimum atomic E-state index is -0.376. The third-order valence-corrected chi connectivity index (χ3v) is 4.21. The maximum Gasteiger partial charge on any atom is 0.197 e. The van der Waals surface area contributed by atoms with Gasteiger partial charge in [-0.1, -0.05) is 29.3 Å². The van der Waals surface area contributed by atoms with Crippen molar-refractivity contribution in [3.05, 3.63) is 63.4 Å². The molecule has 1 aliphatic carbocycles. The number of hydrogen-bond donors (Lipinski definition) is 0. The first-order valence-corrected chi connectivity index (χ1v) is 7.34. The highest BCUT2D eigenvalue weighted by Crippen LogP contribution is 2.45. The highest BCUT2D eigenvalue weighted by Gasteiger charge is 2.28. The molecule has 3 rings (SSSR count). The molecule has 0 N–H and O–H groups in total. The lowest BCUT2D eigenvalue weighted by Gasteiger charge is -2.14. The predicted octanol–water partition coefficient (Wildman–Crippen LogP) is 4.87. The molecule has 0 fully saturated rings. The molecule has 2 nitrogen and oxygen atoms in total. The fraction of sp³-hybridized carbons (Fsp3) is 0.222. The summed E-state index contributed by atoms with van der Waals surface area (Å²) in [5, 5.41) is 0.660. The summed E-state index contributed by atoms with van der Waals surface area (Å²) in [6.07, 6.45) is 0.699. The number of allylic oxidation sites excluding steroid dienone is 1. The van der Waals surface area contributed by atoms with Crippen molar-refractivity contribution < 1.29 is 13.9 Å². The summed E-state index contributed by atoms with van der Waals surface area (Å²) in [7, 11) is 2.96. The van der Waals surface area contributed by atoms with Crippen LogP contribution in [0.2, 0.25) is 5.02 Å². The molecule has 22 heavy (non-hydrogen) atoms. The minimum Gasteiger partial charge on any atom is -0.493 e. The number of fused-ring (bicyclic) bond motifs is 1. The lowest BCUT2D eigenvalue weighted by molar-refractivity contribution is 0.337. The molecule has 0 aliphatic heterocycles. The Morgan fingerprint density at radius 2 is 1.77 bits per heavy atom. The molecule has 114 valence electrons. The summed E-state index contributed by atoms with van der Waals surface area (Å²) in [6, 6.07) is 9.30. The molecule has 0 saturated carbocycles. The Hall–Kier alpha value is -2.00. The van der Waals surface area contributed by atoms with Crippen LogP contribution in [-0.2, 0) is 6.42 Å². The molecule has 0 unspecified atom stereocenters. The standard InChI is InChI=1S/C18H16ClFO2/c1-10-8-12-9-14(21-2)18(22-3)17(20)16(12)15(10)11-4-6-13(19)7-5-11/h4-7,9H,8H2,1-3H3. The lowest BCUT2D eigenvalue weighted by Crippen LogP contribution is -2.00. The molecule has 0 atom stereocenters. The van der Waals surface area contributed by atoms with E-state index in [1.54, 1.807) is 0 Å². The van der Waals surface area contributed by atoms with Gasteiger partial charge in [-0.15, -0.1) is 0 Å². The summed E-state index contributed by atoms with van der Waals surface area (Å²) in [6.45, 7) is 2.02. The van der Waals surface area contributed by atoms with E-state index in [0.717, 1.165) is 22.3 Å². The highest BCUT2D eigenvalue weighted by molar-refractivity contribution is 6.30. The Bertz CT molecular complexity index is 764. The summed E-state index contributed by atoms with van der Waals surface area (Å²) in [4.78, 5) is 0. The molecule has 0 saturated heterocycles. The van der Waals surface area contributed by atoms with E-state index in [9.17, 15) is 4.39 Å². The number of halogens is 2. The van der Waals surface area contributed by atoms with Crippen molar-refractivity contribution in [1.82, 2.24) is 0 Å². The van der Waals surface area contributed by atoms with Crippen molar-refractivity contribution >= 4 is 17.2 Å². The van der Waals surface area contributed by atoms with Crippen molar-refractivity contribution in [2.24, 2.45) is 0 Å². The Balaban J connectivity index is 2.22. The van der Waals surface area contributed by atoms with Gasteiger partial charge in [0.15, 0.2) is 17.3 Å². The van der Waals surface area contributed by atoms with Crippen LogP contribution in [0.3, 0.4) is 0 Å². The number of rotatable bonds is 3. The number of benzene rings is 2. The van der Waals surface area contributed by atoms with E-state index < -0.39 is 0 Å². The van der Waals surface area contributed by atoms with Crippen molar-refractivity contribution in [1.29, 1.82) is 0 Å². The first-order valence-electron chi connectivity index (χ1n) is 6.96. The molecule has 0 radical (unpaired) electrons. The second kappa shape index (κ2) is 5.65. The molecule has 0 bridgehead atoms. The van der Waals surface area contributed by atoms with E-state index in [4.69, 9.17) is 21.1 Å². The largest absolute Gasteiger partial charge is 0.493 e. The number of hydrogen-bond acceptors (Lipinski definition) is 2. The van der Waals surface area contributed by atoms with E-state index in [1.807, 2.05) is 37.3 Å². The van der Waals surface area contributed by atoms with Gasteiger partial charge in [-0.25, -0.2) is 4.39 Å². The molecule has 2 aromatic rings. The quantitative estimate of drug-likeness (QED) is 0.803. The van der Waals surface area contributed by atoms with Gasteiger partial charge in [-0.3, -0.25) is 0 Å². The van der Waals surface area contributed by atoms with E-state index >= 15 is 0 Å². The van der Waals surface area contributed by atoms with Gasteiger partial charge in [0, 0.05) is 10.6 Å². The molecule has 4 heteroatoms. The fourth-order valence-electron chi connectivity index (χ4n) is 3.00. The normalized spacial score (nSPS) is 13.3. The lowest BCUT2D eigenvalue weighted by atomic mass is 9.97. The summed E-state index contributed by atoms with van der Waals surface area (Å²) in [5.74, 6) is 0.185. The average molecular weight is 319 g/mol. The molecular weight excluding hydrogens is 303 g/mol. The van der Waals surface area contributed by atoms with Crippen molar-refractivity contribution in [3.8, 4) is 11.5 Å². The molecule has 1 aliphatic rings. The van der Waals surface area contributed by atoms with Gasteiger partial charge in [0.25, 0.3) is 0 Å². The summed E-state index contributed by atoms with van der Waals surface area (Å²) in [5.41, 5.74) is 4.48. The summed E-state index contributed by atoms with van der Waals surface area (Å²) >= 11 is 5.95. The maximum atomic E-state index is 14.9. The first kappa shape index (κ1) is 14.9. The zero-order valence-corrected chi connectivity index (χ0v) is 13.4. The van der Waals surface area contributed by atoms with Gasteiger partial charge in [0.05, 0.1) is 14.2 Å². The molecule has 0 spiro atoms. The Labute approximate surface area is 134 Å². The van der Waals surface area contributed by atoms with Crippen LogP contribution in [0.5, 0.6) is 11.5 Å². The predicted molar refractivity (Wildman–Crippen MR) is 86.4 cm³/mol. The minimum absolute atomic E-state index is 0.141. The second-order valence-corrected chi connectivity index (χ2v) is 5.74. The van der Waals surface area contributed by atoms with Gasteiger partial charge >= 0.3 is 0 Å². The van der Waals surface area contributed by atoms with Gasteiger partial charge in [-0.05, 0) is 48.2 Å². The van der Waals surface area contributed by atoms with E-state index in [1.165, 1.54) is 14.2 Å². The monoisotopic (exact) mass is 318 g/mol. The molecular formula is C18H16ClFO2. The van der Waals surface area contributed by atoms with Crippen LogP contribution in [-0.4, -0.2) is 14.2 Å². The number of ether oxygens (including phenoxy) is 2. The van der Waals surface area contributed by atoms with Crippen LogP contribution in [0.25, 0.3) is 5.57 Å². The third kappa shape index (κ3) is 2.26. The van der Waals surface area contributed by atoms with Crippen LogP contribution in [0.15, 0.2) is 35.9 Å². The van der Waals surface area contributed by atoms with E-state index in [0.29, 0.717) is 22.8 Å². The third-order valence-electron chi connectivity index (χ3n) is 3.96. The average Bonchev–Trinajstić information content (AvgIpc) is 2.84. The van der Waals surface area contributed by atoms with E-state index in [-0.39, 0.29) is 11.6 Å². The molecule has 0 amide bonds. The van der Waals surface area contributed by atoms with Gasteiger partial charge in [0.2, 0.25) is 0 Å². The van der Waals surface area contributed by atoms with E-state index in [2.05, 4.69) is 0 Å². The SMILES string of the molecule is COc1cc2c(c(F)c1OC)C(c1ccc(Cl)cc1)=C(C)C2. The first-order chi connectivity index (χ1) is 10.6. The van der Waals surface area contributed by atoms with Crippen LogP contribution in [0.4, 0.5) is 4.39 Å².